The Hall–Kier alpha value is -1.71. The van der Waals surface area contributed by atoms with Crippen LogP contribution in [-0.2, 0) is 4.74 Å². The van der Waals surface area contributed by atoms with E-state index in [-0.39, 0.29) is 0 Å². The summed E-state index contributed by atoms with van der Waals surface area (Å²) in [5.74, 6) is 0. The van der Waals surface area contributed by atoms with Gasteiger partial charge in [-0.05, 0) is 12.3 Å². The standard InChI is InChI=1S/C16H20N2O/c1-13(10-17-7-8-19-2)9-15-12-18-11-14-5-3-4-6-16(14)15/h3-6,9,11-12,17H,7-8,10H2,1-2H3/b13-9+. The van der Waals surface area contributed by atoms with Crippen molar-refractivity contribution in [2.45, 2.75) is 6.92 Å². The summed E-state index contributed by atoms with van der Waals surface area (Å²) in [6, 6.07) is 8.32. The average Bonchev–Trinajstić information content (AvgIpc) is 2.44. The molecule has 1 heterocycles. The van der Waals surface area contributed by atoms with Crippen LogP contribution in [0.15, 0.2) is 42.2 Å². The average molecular weight is 256 g/mol. The Morgan fingerprint density at radius 1 is 1.32 bits per heavy atom. The number of hydrogen-bond donors (Lipinski definition) is 1. The molecule has 100 valence electrons. The molecule has 2 aromatic rings. The minimum absolute atomic E-state index is 0.739. The number of aromatic nitrogens is 1. The first-order valence-corrected chi connectivity index (χ1v) is 6.51. The minimum Gasteiger partial charge on any atom is -0.383 e. The molecule has 0 spiro atoms. The molecule has 0 amide bonds. The van der Waals surface area contributed by atoms with E-state index in [1.165, 1.54) is 21.9 Å². The number of rotatable bonds is 6. The van der Waals surface area contributed by atoms with E-state index in [1.807, 2.05) is 18.5 Å². The normalized spacial score (nSPS) is 12.0. The van der Waals surface area contributed by atoms with Crippen LogP contribution in [0, 0.1) is 0 Å². The highest BCUT2D eigenvalue weighted by Gasteiger charge is 1.99. The SMILES string of the molecule is COCCNC/C(C)=C/c1cncc2ccccc12. The fourth-order valence-electron chi connectivity index (χ4n) is 2.03. The second-order valence-corrected chi connectivity index (χ2v) is 4.61. The number of hydrogen-bond acceptors (Lipinski definition) is 3. The first-order chi connectivity index (χ1) is 9.31. The van der Waals surface area contributed by atoms with E-state index in [0.29, 0.717) is 0 Å². The first-order valence-electron chi connectivity index (χ1n) is 6.51. The molecule has 0 fully saturated rings. The van der Waals surface area contributed by atoms with E-state index in [4.69, 9.17) is 4.74 Å². The van der Waals surface area contributed by atoms with E-state index in [9.17, 15) is 0 Å². The van der Waals surface area contributed by atoms with Gasteiger partial charge in [0.15, 0.2) is 0 Å². The zero-order chi connectivity index (χ0) is 13.5. The molecule has 1 N–H and O–H groups in total. The van der Waals surface area contributed by atoms with Crippen molar-refractivity contribution >= 4 is 16.8 Å². The summed E-state index contributed by atoms with van der Waals surface area (Å²) in [6.45, 7) is 4.60. The molecule has 0 aliphatic carbocycles. The Balaban J connectivity index is 2.11. The molecule has 3 nitrogen and oxygen atoms in total. The predicted octanol–water partition coefficient (Wildman–Crippen LogP) is 2.87. The Morgan fingerprint density at radius 2 is 2.16 bits per heavy atom. The third kappa shape index (κ3) is 3.88. The molecule has 0 saturated heterocycles. The highest BCUT2D eigenvalue weighted by Crippen LogP contribution is 2.19. The molecule has 0 saturated carbocycles. The van der Waals surface area contributed by atoms with Crippen LogP contribution in [-0.4, -0.2) is 31.8 Å². The lowest BCUT2D eigenvalue weighted by molar-refractivity contribution is 0.200. The van der Waals surface area contributed by atoms with Crippen molar-refractivity contribution in [3.8, 4) is 0 Å². The van der Waals surface area contributed by atoms with Crippen LogP contribution in [0.3, 0.4) is 0 Å². The van der Waals surface area contributed by atoms with Crippen molar-refractivity contribution in [1.29, 1.82) is 0 Å². The molecule has 0 unspecified atom stereocenters. The van der Waals surface area contributed by atoms with Crippen LogP contribution >= 0.6 is 0 Å². The third-order valence-electron chi connectivity index (χ3n) is 2.99. The molecule has 3 heteroatoms. The Kier molecular flexibility index (Phi) is 5.07. The van der Waals surface area contributed by atoms with Crippen LogP contribution < -0.4 is 5.32 Å². The summed E-state index contributed by atoms with van der Waals surface area (Å²) in [5, 5.41) is 5.76. The van der Waals surface area contributed by atoms with Crippen LogP contribution in [0.1, 0.15) is 12.5 Å². The molecule has 0 atom stereocenters. The number of benzene rings is 1. The van der Waals surface area contributed by atoms with E-state index in [2.05, 4.69) is 41.5 Å². The lowest BCUT2D eigenvalue weighted by Gasteiger charge is -2.06. The van der Waals surface area contributed by atoms with Gasteiger partial charge >= 0.3 is 0 Å². The van der Waals surface area contributed by atoms with Gasteiger partial charge in [-0.3, -0.25) is 4.98 Å². The van der Waals surface area contributed by atoms with Gasteiger partial charge in [0.2, 0.25) is 0 Å². The van der Waals surface area contributed by atoms with Crippen LogP contribution in [0.25, 0.3) is 16.8 Å². The summed E-state index contributed by atoms with van der Waals surface area (Å²) in [7, 11) is 1.71. The van der Waals surface area contributed by atoms with E-state index < -0.39 is 0 Å². The Morgan fingerprint density at radius 3 is 3.00 bits per heavy atom. The van der Waals surface area contributed by atoms with Crippen LogP contribution in [0.5, 0.6) is 0 Å². The van der Waals surface area contributed by atoms with Gasteiger partial charge in [-0.25, -0.2) is 0 Å². The Bertz CT molecular complexity index is 558. The molecule has 0 aliphatic rings. The van der Waals surface area contributed by atoms with Gasteiger partial charge in [0.05, 0.1) is 6.61 Å². The minimum atomic E-state index is 0.739. The molecule has 0 radical (unpaired) electrons. The molecular formula is C16H20N2O. The maximum absolute atomic E-state index is 5.01. The zero-order valence-electron chi connectivity index (χ0n) is 11.5. The number of ether oxygens (including phenoxy) is 1. The van der Waals surface area contributed by atoms with Gasteiger partial charge in [-0.1, -0.05) is 35.9 Å². The molecule has 0 aliphatic heterocycles. The fraction of sp³-hybridized carbons (Fsp3) is 0.312. The lowest BCUT2D eigenvalue weighted by Crippen LogP contribution is -2.20. The predicted molar refractivity (Wildman–Crippen MR) is 80.1 cm³/mol. The van der Waals surface area contributed by atoms with E-state index in [0.717, 1.165) is 19.7 Å². The summed E-state index contributed by atoms with van der Waals surface area (Å²) in [4.78, 5) is 4.29. The van der Waals surface area contributed by atoms with Crippen molar-refractivity contribution in [3.63, 3.8) is 0 Å². The summed E-state index contributed by atoms with van der Waals surface area (Å²) in [6.07, 6.45) is 6.01. The van der Waals surface area contributed by atoms with Gasteiger partial charge in [0.1, 0.15) is 0 Å². The highest BCUT2D eigenvalue weighted by atomic mass is 16.5. The number of nitrogens with one attached hydrogen (secondary N) is 1. The molecule has 0 bridgehead atoms. The smallest absolute Gasteiger partial charge is 0.0587 e. The van der Waals surface area contributed by atoms with Gasteiger partial charge in [0, 0.05) is 43.5 Å². The maximum Gasteiger partial charge on any atom is 0.0587 e. The quantitative estimate of drug-likeness (QED) is 0.807. The summed E-state index contributed by atoms with van der Waals surface area (Å²) in [5.41, 5.74) is 2.46. The maximum atomic E-state index is 5.01. The van der Waals surface area contributed by atoms with Gasteiger partial charge in [-0.2, -0.15) is 0 Å². The molecular weight excluding hydrogens is 236 g/mol. The van der Waals surface area contributed by atoms with E-state index in [1.54, 1.807) is 7.11 Å². The van der Waals surface area contributed by atoms with Crippen LogP contribution in [0.4, 0.5) is 0 Å². The summed E-state index contributed by atoms with van der Waals surface area (Å²) < 4.78 is 5.01. The summed E-state index contributed by atoms with van der Waals surface area (Å²) >= 11 is 0. The van der Waals surface area contributed by atoms with E-state index >= 15 is 0 Å². The monoisotopic (exact) mass is 256 g/mol. The topological polar surface area (TPSA) is 34.1 Å². The van der Waals surface area contributed by atoms with Crippen molar-refractivity contribution in [2.24, 2.45) is 0 Å². The number of fused-ring (bicyclic) bond motifs is 1. The lowest BCUT2D eigenvalue weighted by atomic mass is 10.1. The first kappa shape index (κ1) is 13.7. The molecule has 2 rings (SSSR count). The van der Waals surface area contributed by atoms with Gasteiger partial charge < -0.3 is 10.1 Å². The second-order valence-electron chi connectivity index (χ2n) is 4.61. The molecule has 1 aromatic heterocycles. The zero-order valence-corrected chi connectivity index (χ0v) is 11.5. The van der Waals surface area contributed by atoms with Crippen molar-refractivity contribution in [3.05, 3.63) is 47.8 Å². The number of methoxy groups -OCH3 is 1. The Labute approximate surface area is 114 Å². The highest BCUT2D eigenvalue weighted by molar-refractivity contribution is 5.89. The van der Waals surface area contributed by atoms with Gasteiger partial charge in [-0.15, -0.1) is 0 Å². The van der Waals surface area contributed by atoms with Crippen molar-refractivity contribution in [2.75, 3.05) is 26.8 Å². The largest absolute Gasteiger partial charge is 0.383 e. The fourth-order valence-corrected chi connectivity index (χ4v) is 2.03. The van der Waals surface area contributed by atoms with Crippen molar-refractivity contribution < 1.29 is 4.74 Å². The second kappa shape index (κ2) is 7.02. The third-order valence-corrected chi connectivity index (χ3v) is 2.99. The van der Waals surface area contributed by atoms with Crippen molar-refractivity contribution in [1.82, 2.24) is 10.3 Å². The van der Waals surface area contributed by atoms with Crippen LogP contribution in [0.2, 0.25) is 0 Å². The van der Waals surface area contributed by atoms with Gasteiger partial charge in [0.25, 0.3) is 0 Å². The number of nitrogens with zero attached hydrogens (tertiary/aromatic N) is 1. The number of pyridine rings is 1. The molecule has 1 aromatic carbocycles. The molecule has 19 heavy (non-hydrogen) atoms.